The van der Waals surface area contributed by atoms with Gasteiger partial charge in [0.2, 0.25) is 0 Å². The summed E-state index contributed by atoms with van der Waals surface area (Å²) in [6.45, 7) is 2.68. The van der Waals surface area contributed by atoms with E-state index in [1.165, 1.54) is 22.2 Å². The number of hydrogen-bond donors (Lipinski definition) is 1. The molecule has 1 aromatic carbocycles. The minimum atomic E-state index is 0.214. The third-order valence-electron chi connectivity index (χ3n) is 4.66. The van der Waals surface area contributed by atoms with Gasteiger partial charge in [-0.15, -0.1) is 0 Å². The van der Waals surface area contributed by atoms with Gasteiger partial charge in [-0.25, -0.2) is 0 Å². The Morgan fingerprint density at radius 1 is 1.30 bits per heavy atom. The zero-order chi connectivity index (χ0) is 13.7. The Balaban J connectivity index is 1.80. The molecule has 3 nitrogen and oxygen atoms in total. The number of nitrogens with one attached hydrogen (secondary N) is 1. The van der Waals surface area contributed by atoms with E-state index in [4.69, 9.17) is 0 Å². The van der Waals surface area contributed by atoms with Crippen LogP contribution in [0.4, 0.5) is 0 Å². The molecule has 0 fully saturated rings. The van der Waals surface area contributed by atoms with Crippen LogP contribution in [0.25, 0.3) is 10.9 Å². The molecule has 1 atom stereocenters. The largest absolute Gasteiger partial charge is 0.368 e. The van der Waals surface area contributed by atoms with Crippen molar-refractivity contribution < 1.29 is 4.79 Å². The lowest BCUT2D eigenvalue weighted by atomic mass is 9.90. The van der Waals surface area contributed by atoms with Crippen LogP contribution in [0.3, 0.4) is 0 Å². The van der Waals surface area contributed by atoms with E-state index >= 15 is 0 Å². The van der Waals surface area contributed by atoms with Gasteiger partial charge in [0.15, 0.2) is 5.78 Å². The summed E-state index contributed by atoms with van der Waals surface area (Å²) in [6, 6.07) is 8.96. The van der Waals surface area contributed by atoms with Gasteiger partial charge in [-0.2, -0.15) is 0 Å². The van der Waals surface area contributed by atoms with Crippen LogP contribution >= 0.6 is 0 Å². The van der Waals surface area contributed by atoms with E-state index in [0.717, 1.165) is 31.4 Å². The average molecular weight is 266 g/mol. The van der Waals surface area contributed by atoms with Gasteiger partial charge in [0.1, 0.15) is 0 Å². The molecule has 3 heteroatoms. The molecule has 0 spiro atoms. The molecule has 0 aliphatic carbocycles. The molecule has 0 bridgehead atoms. The topological polar surface area (TPSA) is 36.1 Å². The van der Waals surface area contributed by atoms with E-state index in [9.17, 15) is 4.79 Å². The van der Waals surface area contributed by atoms with Gasteiger partial charge in [0.25, 0.3) is 0 Å². The fraction of sp³-hybridized carbons (Fsp3) is 0.353. The highest BCUT2D eigenvalue weighted by molar-refractivity contribution is 5.93. The highest BCUT2D eigenvalue weighted by atomic mass is 16.1. The summed E-state index contributed by atoms with van der Waals surface area (Å²) < 4.78 is 0. The summed E-state index contributed by atoms with van der Waals surface area (Å²) in [6.07, 6.45) is 5.07. The molecule has 102 valence electrons. The molecule has 1 unspecified atom stereocenters. The first kappa shape index (κ1) is 11.8. The van der Waals surface area contributed by atoms with Crippen LogP contribution in [0.1, 0.15) is 37.1 Å². The minimum Gasteiger partial charge on any atom is -0.368 e. The first-order chi connectivity index (χ1) is 9.74. The number of allylic oxidation sites excluding steroid dienone is 1. The number of para-hydroxylation sites is 1. The fourth-order valence-corrected chi connectivity index (χ4v) is 3.63. The number of nitrogens with zero attached hydrogens (tertiary/aromatic N) is 1. The van der Waals surface area contributed by atoms with Crippen LogP contribution < -0.4 is 0 Å². The van der Waals surface area contributed by atoms with Gasteiger partial charge < -0.3 is 9.88 Å². The summed E-state index contributed by atoms with van der Waals surface area (Å²) in [7, 11) is 0. The lowest BCUT2D eigenvalue weighted by Crippen LogP contribution is -2.34. The number of aromatic nitrogens is 1. The maximum Gasteiger partial charge on any atom is 0.157 e. The number of ketones is 1. The number of H-pyrrole nitrogens is 1. The highest BCUT2D eigenvalue weighted by Crippen LogP contribution is 2.40. The van der Waals surface area contributed by atoms with Crippen molar-refractivity contribution in [3.8, 4) is 0 Å². The van der Waals surface area contributed by atoms with Gasteiger partial charge in [-0.3, -0.25) is 4.79 Å². The number of hydrogen-bond acceptors (Lipinski definition) is 2. The smallest absolute Gasteiger partial charge is 0.157 e. The molecule has 0 saturated carbocycles. The van der Waals surface area contributed by atoms with Crippen molar-refractivity contribution in [2.24, 2.45) is 0 Å². The fourth-order valence-electron chi connectivity index (χ4n) is 3.63. The van der Waals surface area contributed by atoms with Crippen molar-refractivity contribution in [3.05, 3.63) is 47.3 Å². The van der Waals surface area contributed by atoms with Crippen molar-refractivity contribution >= 4 is 16.7 Å². The highest BCUT2D eigenvalue weighted by Gasteiger charge is 2.31. The van der Waals surface area contributed by atoms with E-state index in [1.54, 1.807) is 6.92 Å². The normalized spacial score (nSPS) is 21.4. The van der Waals surface area contributed by atoms with Crippen LogP contribution in [0, 0.1) is 0 Å². The zero-order valence-corrected chi connectivity index (χ0v) is 11.6. The SMILES string of the molecule is CC(=O)C1=CN2CCc3c([nH]c4ccccc34)C2CC1. The standard InChI is InChI=1S/C17H18N2O/c1-11(20)12-6-7-16-17-14(8-9-19(16)10-12)13-4-2-3-5-15(13)18-17/h2-5,10,16,18H,6-9H2,1H3. The van der Waals surface area contributed by atoms with Crippen LogP contribution in [0.2, 0.25) is 0 Å². The maximum atomic E-state index is 11.6. The number of carbonyl (C=O) groups is 1. The first-order valence-electron chi connectivity index (χ1n) is 7.31. The maximum absolute atomic E-state index is 11.6. The summed E-state index contributed by atoms with van der Waals surface area (Å²) in [4.78, 5) is 17.5. The molecule has 20 heavy (non-hydrogen) atoms. The second-order valence-electron chi connectivity index (χ2n) is 5.82. The molecule has 1 aromatic heterocycles. The number of Topliss-reactive ketones (excluding diaryl/α,β-unsaturated/α-hetero) is 1. The Kier molecular flexibility index (Phi) is 2.49. The number of benzene rings is 1. The molecule has 2 aliphatic heterocycles. The monoisotopic (exact) mass is 266 g/mol. The predicted molar refractivity (Wildman–Crippen MR) is 79.4 cm³/mol. The predicted octanol–water partition coefficient (Wildman–Crippen LogP) is 3.33. The number of aromatic amines is 1. The van der Waals surface area contributed by atoms with Crippen molar-refractivity contribution in [3.63, 3.8) is 0 Å². The zero-order valence-electron chi connectivity index (χ0n) is 11.6. The van der Waals surface area contributed by atoms with Crippen molar-refractivity contribution in [2.45, 2.75) is 32.2 Å². The third-order valence-corrected chi connectivity index (χ3v) is 4.66. The Labute approximate surface area is 118 Å². The Morgan fingerprint density at radius 2 is 2.15 bits per heavy atom. The third kappa shape index (κ3) is 1.62. The van der Waals surface area contributed by atoms with Crippen LogP contribution in [0.15, 0.2) is 36.0 Å². The summed E-state index contributed by atoms with van der Waals surface area (Å²) in [5.41, 5.74) is 5.04. The van der Waals surface area contributed by atoms with E-state index in [1.807, 2.05) is 0 Å². The summed E-state index contributed by atoms with van der Waals surface area (Å²) >= 11 is 0. The minimum absolute atomic E-state index is 0.214. The Morgan fingerprint density at radius 3 is 3.00 bits per heavy atom. The number of rotatable bonds is 1. The molecular weight excluding hydrogens is 248 g/mol. The van der Waals surface area contributed by atoms with E-state index in [2.05, 4.69) is 40.3 Å². The molecule has 2 aliphatic rings. The summed E-state index contributed by atoms with van der Waals surface area (Å²) in [5, 5.41) is 1.36. The second kappa shape index (κ2) is 4.23. The van der Waals surface area contributed by atoms with E-state index in [0.29, 0.717) is 6.04 Å². The molecule has 4 rings (SSSR count). The number of fused-ring (bicyclic) bond motifs is 5. The number of carbonyl (C=O) groups excluding carboxylic acids is 1. The van der Waals surface area contributed by atoms with Crippen molar-refractivity contribution in [2.75, 3.05) is 6.54 Å². The Bertz CT molecular complexity index is 726. The lowest BCUT2D eigenvalue weighted by Gasteiger charge is -2.38. The second-order valence-corrected chi connectivity index (χ2v) is 5.82. The van der Waals surface area contributed by atoms with Crippen LogP contribution in [-0.2, 0) is 11.2 Å². The molecular formula is C17H18N2O. The summed E-state index contributed by atoms with van der Waals surface area (Å²) in [5.74, 6) is 0.214. The molecule has 0 radical (unpaired) electrons. The molecule has 0 amide bonds. The van der Waals surface area contributed by atoms with Crippen LogP contribution in [-0.4, -0.2) is 22.2 Å². The average Bonchev–Trinajstić information content (AvgIpc) is 2.85. The molecule has 0 saturated heterocycles. The molecule has 3 heterocycles. The van der Waals surface area contributed by atoms with Crippen molar-refractivity contribution in [1.29, 1.82) is 0 Å². The lowest BCUT2D eigenvalue weighted by molar-refractivity contribution is -0.114. The Hall–Kier alpha value is -2.03. The van der Waals surface area contributed by atoms with Crippen LogP contribution in [0.5, 0.6) is 0 Å². The molecule has 2 aromatic rings. The van der Waals surface area contributed by atoms with Gasteiger partial charge >= 0.3 is 0 Å². The molecule has 1 N–H and O–H groups in total. The van der Waals surface area contributed by atoms with Crippen molar-refractivity contribution in [1.82, 2.24) is 9.88 Å². The van der Waals surface area contributed by atoms with Gasteiger partial charge in [0, 0.05) is 34.9 Å². The van der Waals surface area contributed by atoms with Gasteiger partial charge in [-0.1, -0.05) is 18.2 Å². The first-order valence-corrected chi connectivity index (χ1v) is 7.31. The van der Waals surface area contributed by atoms with E-state index in [-0.39, 0.29) is 5.78 Å². The van der Waals surface area contributed by atoms with Gasteiger partial charge in [0.05, 0.1) is 6.04 Å². The van der Waals surface area contributed by atoms with Gasteiger partial charge in [-0.05, 0) is 37.8 Å². The quantitative estimate of drug-likeness (QED) is 0.859. The van der Waals surface area contributed by atoms with E-state index < -0.39 is 0 Å².